The molecule has 0 N–H and O–H groups in total. The number of carbonyl (C=O) groups is 3. The Morgan fingerprint density at radius 1 is 1.05 bits per heavy atom. The number of nitriles is 1. The van der Waals surface area contributed by atoms with E-state index in [-0.39, 0.29) is 49.9 Å². The summed E-state index contributed by atoms with van der Waals surface area (Å²) in [6.45, 7) is 7.88. The molecular formula is C30H26N4O3. The molecule has 1 saturated heterocycles. The minimum absolute atomic E-state index is 0.0358. The van der Waals surface area contributed by atoms with Crippen molar-refractivity contribution in [2.24, 2.45) is 0 Å². The second kappa shape index (κ2) is 12.8. The van der Waals surface area contributed by atoms with E-state index in [9.17, 15) is 14.4 Å². The van der Waals surface area contributed by atoms with Crippen molar-refractivity contribution in [1.29, 1.82) is 5.26 Å². The Kier molecular flexibility index (Phi) is 9.28. The van der Waals surface area contributed by atoms with Crippen molar-refractivity contribution in [1.82, 2.24) is 9.80 Å². The van der Waals surface area contributed by atoms with Gasteiger partial charge in [0.1, 0.15) is 5.78 Å². The zero-order valence-corrected chi connectivity index (χ0v) is 20.6. The van der Waals surface area contributed by atoms with Crippen molar-refractivity contribution in [2.45, 2.75) is 12.8 Å². The summed E-state index contributed by atoms with van der Waals surface area (Å²) in [5.41, 5.74) is 3.37. The first-order chi connectivity index (χ1) is 17.8. The molecule has 1 aliphatic rings. The Morgan fingerprint density at radius 3 is 2.14 bits per heavy atom. The van der Waals surface area contributed by atoms with Gasteiger partial charge in [0, 0.05) is 37.1 Å². The highest BCUT2D eigenvalue weighted by Gasteiger charge is 2.29. The molecule has 0 radical (unpaired) electrons. The summed E-state index contributed by atoms with van der Waals surface area (Å²) in [5.74, 6) is 2.01. The molecule has 0 aliphatic carbocycles. The number of amides is 1. The molecule has 1 aliphatic heterocycles. The van der Waals surface area contributed by atoms with Crippen LogP contribution >= 0.6 is 0 Å². The third-order valence-electron chi connectivity index (χ3n) is 5.83. The fourth-order valence-corrected chi connectivity index (χ4v) is 3.91. The Bertz CT molecular complexity index is 1280. The van der Waals surface area contributed by atoms with Gasteiger partial charge in [-0.05, 0) is 42.5 Å². The Hall–Kier alpha value is -4.77. The lowest BCUT2D eigenvalue weighted by atomic mass is 9.93. The molecule has 3 rings (SSSR count). The number of Topliss-reactive ketones (excluding diaryl/α,β-unsaturated/α-hetero) is 2. The number of nitrogens with zero attached hydrogens (tertiary/aromatic N) is 4. The number of hydrogen-bond donors (Lipinski definition) is 0. The molecule has 0 unspecified atom stereocenters. The van der Waals surface area contributed by atoms with E-state index < -0.39 is 0 Å². The Balaban J connectivity index is 1.84. The lowest BCUT2D eigenvalue weighted by Crippen LogP contribution is -2.41. The van der Waals surface area contributed by atoms with Gasteiger partial charge in [-0.3, -0.25) is 19.3 Å². The summed E-state index contributed by atoms with van der Waals surface area (Å²) in [6.07, 6.45) is 8.84. The molecule has 0 spiro atoms. The van der Waals surface area contributed by atoms with Crippen molar-refractivity contribution in [3.05, 3.63) is 87.8 Å². The predicted molar refractivity (Wildman–Crippen MR) is 142 cm³/mol. The first-order valence-corrected chi connectivity index (χ1v) is 11.7. The number of likely N-dealkylation sites (N-methyl/N-ethyl adjacent to an activating group) is 1. The molecule has 7 heteroatoms. The second-order valence-electron chi connectivity index (χ2n) is 8.77. The topological polar surface area (TPSA) is 85.8 Å². The molecule has 1 heterocycles. The molecular weight excluding hydrogens is 464 g/mol. The van der Waals surface area contributed by atoms with Crippen LogP contribution in [0, 0.1) is 30.2 Å². The van der Waals surface area contributed by atoms with E-state index in [1.807, 2.05) is 0 Å². The highest BCUT2D eigenvalue weighted by Crippen LogP contribution is 2.24. The average Bonchev–Trinajstić information content (AvgIpc) is 2.90. The van der Waals surface area contributed by atoms with Gasteiger partial charge in [-0.15, -0.1) is 6.42 Å². The highest BCUT2D eigenvalue weighted by molar-refractivity contribution is 6.15. The molecule has 0 bridgehead atoms. The van der Waals surface area contributed by atoms with Gasteiger partial charge in [-0.2, -0.15) is 5.26 Å². The van der Waals surface area contributed by atoms with Crippen LogP contribution in [-0.2, 0) is 14.4 Å². The minimum Gasteiger partial charge on any atom is -0.334 e. The van der Waals surface area contributed by atoms with Crippen molar-refractivity contribution in [3.63, 3.8) is 0 Å². The van der Waals surface area contributed by atoms with Gasteiger partial charge in [-0.1, -0.05) is 42.3 Å². The maximum absolute atomic E-state index is 13.3. The number of terminal acetylenes is 1. The number of benzene rings is 2. The van der Waals surface area contributed by atoms with E-state index in [2.05, 4.69) is 16.8 Å². The van der Waals surface area contributed by atoms with Gasteiger partial charge in [-0.25, -0.2) is 4.85 Å². The van der Waals surface area contributed by atoms with Crippen LogP contribution in [0.1, 0.15) is 29.5 Å². The van der Waals surface area contributed by atoms with Crippen molar-refractivity contribution in [2.75, 3.05) is 33.2 Å². The summed E-state index contributed by atoms with van der Waals surface area (Å²) in [6, 6.07) is 15.7. The molecule has 7 nitrogen and oxygen atoms in total. The number of carbonyl (C=O) groups excluding carboxylic acids is 3. The highest BCUT2D eigenvalue weighted by atomic mass is 16.2. The third kappa shape index (κ3) is 7.61. The molecule has 1 fully saturated rings. The molecule has 2 aromatic carbocycles. The summed E-state index contributed by atoms with van der Waals surface area (Å²) in [4.78, 5) is 45.4. The largest absolute Gasteiger partial charge is 0.334 e. The minimum atomic E-state index is -0.222. The molecule has 1 amide bonds. The van der Waals surface area contributed by atoms with Crippen LogP contribution in [0.4, 0.5) is 5.69 Å². The second-order valence-corrected chi connectivity index (χ2v) is 8.77. The molecule has 37 heavy (non-hydrogen) atoms. The number of ketones is 2. The SMILES string of the molecule is [C-]#[N+]c1ccc(/C=C2\CN(C(=O)CCC(=O)CN(C)CC#C)C/C(=C\c3ccc(C#N)cc3)C2=O)cc1. The zero-order valence-electron chi connectivity index (χ0n) is 20.6. The van der Waals surface area contributed by atoms with Crippen LogP contribution in [0.3, 0.4) is 0 Å². The fourth-order valence-electron chi connectivity index (χ4n) is 3.91. The van der Waals surface area contributed by atoms with Gasteiger partial charge in [0.15, 0.2) is 11.5 Å². The van der Waals surface area contributed by atoms with Crippen LogP contribution < -0.4 is 0 Å². The number of hydrogen-bond acceptors (Lipinski definition) is 5. The van der Waals surface area contributed by atoms with Gasteiger partial charge >= 0.3 is 0 Å². The first-order valence-electron chi connectivity index (χ1n) is 11.7. The Morgan fingerprint density at radius 2 is 1.62 bits per heavy atom. The molecule has 184 valence electrons. The van der Waals surface area contributed by atoms with Crippen LogP contribution in [0.5, 0.6) is 0 Å². The van der Waals surface area contributed by atoms with Gasteiger partial charge in [0.05, 0.1) is 31.3 Å². The van der Waals surface area contributed by atoms with Crippen molar-refractivity contribution >= 4 is 35.3 Å². The average molecular weight is 491 g/mol. The van der Waals surface area contributed by atoms with Crippen LogP contribution in [0.2, 0.25) is 0 Å². The Labute approximate surface area is 217 Å². The van der Waals surface area contributed by atoms with E-state index >= 15 is 0 Å². The van der Waals surface area contributed by atoms with E-state index in [0.29, 0.717) is 28.9 Å². The number of piperidine rings is 1. The van der Waals surface area contributed by atoms with Crippen LogP contribution in [0.25, 0.3) is 17.0 Å². The van der Waals surface area contributed by atoms with Gasteiger partial charge in [0.2, 0.25) is 5.91 Å². The zero-order chi connectivity index (χ0) is 26.8. The van der Waals surface area contributed by atoms with Crippen LogP contribution in [0.15, 0.2) is 59.7 Å². The molecule has 0 atom stereocenters. The molecule has 0 aromatic heterocycles. The maximum Gasteiger partial charge on any atom is 0.223 e. The molecule has 2 aromatic rings. The first kappa shape index (κ1) is 26.8. The lowest BCUT2D eigenvalue weighted by Gasteiger charge is -2.30. The summed E-state index contributed by atoms with van der Waals surface area (Å²) < 4.78 is 0. The van der Waals surface area contributed by atoms with Crippen molar-refractivity contribution < 1.29 is 14.4 Å². The van der Waals surface area contributed by atoms with Crippen molar-refractivity contribution in [3.8, 4) is 18.4 Å². The van der Waals surface area contributed by atoms with E-state index in [1.165, 1.54) is 0 Å². The lowest BCUT2D eigenvalue weighted by molar-refractivity contribution is -0.133. The standard InChI is InChI=1S/C30H26N4O3/c1-4-15-33(3)21-28(35)13-14-29(36)34-19-25(16-22-5-7-24(18-31)8-6-22)30(37)26(20-34)17-23-9-11-27(32-2)12-10-23/h1,5-12,16-17H,13-15,19-21H2,3H3/b25-16+,26-17+. The summed E-state index contributed by atoms with van der Waals surface area (Å²) >= 11 is 0. The van der Waals surface area contributed by atoms with Gasteiger partial charge < -0.3 is 4.90 Å². The van der Waals surface area contributed by atoms with E-state index in [4.69, 9.17) is 18.3 Å². The number of likely N-dealkylation sites (tertiary alicyclic amines) is 1. The van der Waals surface area contributed by atoms with E-state index in [1.54, 1.807) is 77.5 Å². The fraction of sp³-hybridized carbons (Fsp3) is 0.233. The predicted octanol–water partition coefficient (Wildman–Crippen LogP) is 3.90. The molecule has 0 saturated carbocycles. The van der Waals surface area contributed by atoms with Gasteiger partial charge in [0.25, 0.3) is 0 Å². The summed E-state index contributed by atoms with van der Waals surface area (Å²) in [7, 11) is 1.75. The smallest absolute Gasteiger partial charge is 0.223 e. The monoisotopic (exact) mass is 490 g/mol. The number of rotatable bonds is 8. The van der Waals surface area contributed by atoms with Crippen LogP contribution in [-0.4, -0.2) is 60.5 Å². The third-order valence-corrected chi connectivity index (χ3v) is 5.83. The summed E-state index contributed by atoms with van der Waals surface area (Å²) in [5, 5.41) is 9.04. The van der Waals surface area contributed by atoms with E-state index in [0.717, 1.165) is 11.1 Å². The maximum atomic E-state index is 13.3. The quantitative estimate of drug-likeness (QED) is 0.318. The normalized spacial score (nSPS) is 15.3.